The van der Waals surface area contributed by atoms with Crippen molar-refractivity contribution in [2.24, 2.45) is 0 Å². The van der Waals surface area contributed by atoms with Gasteiger partial charge in [0.15, 0.2) is 0 Å². The molecule has 5 heteroatoms. The Balaban J connectivity index is 2.11. The van der Waals surface area contributed by atoms with E-state index in [1.807, 2.05) is 0 Å². The molecular weight excluding hydrogens is 324 g/mol. The zero-order valence-electron chi connectivity index (χ0n) is 11.2. The van der Waals surface area contributed by atoms with Gasteiger partial charge in [-0.3, -0.25) is 4.79 Å². The Morgan fingerprint density at radius 3 is 2.45 bits per heavy atom. The van der Waals surface area contributed by atoms with Crippen molar-refractivity contribution in [1.29, 1.82) is 0 Å². The van der Waals surface area contributed by atoms with Crippen LogP contribution in [0.4, 0.5) is 0 Å². The Hall–Kier alpha value is -1.23. The molecular formula is C15H17BrO4. The standard InChI is InChI=1S/C15H17BrO4/c16-13-11-4-2-7-19-14(11)10(5-6-12(17)18)9-3-1-8-20-15(9)13/h1-8H2,(H,17,18). The van der Waals surface area contributed by atoms with Crippen LogP contribution >= 0.6 is 15.9 Å². The van der Waals surface area contributed by atoms with Gasteiger partial charge >= 0.3 is 5.97 Å². The van der Waals surface area contributed by atoms with Gasteiger partial charge in [-0.15, -0.1) is 0 Å². The van der Waals surface area contributed by atoms with Crippen LogP contribution in [0.5, 0.6) is 11.5 Å². The predicted molar refractivity (Wildman–Crippen MR) is 77.7 cm³/mol. The van der Waals surface area contributed by atoms with Crippen molar-refractivity contribution >= 4 is 21.9 Å². The van der Waals surface area contributed by atoms with Gasteiger partial charge in [-0.05, 0) is 48.0 Å². The van der Waals surface area contributed by atoms with Crippen molar-refractivity contribution in [3.63, 3.8) is 0 Å². The monoisotopic (exact) mass is 340 g/mol. The number of ether oxygens (including phenoxy) is 2. The summed E-state index contributed by atoms with van der Waals surface area (Å²) >= 11 is 3.65. The molecule has 0 atom stereocenters. The summed E-state index contributed by atoms with van der Waals surface area (Å²) < 4.78 is 12.7. The van der Waals surface area contributed by atoms with Crippen LogP contribution in [0.3, 0.4) is 0 Å². The van der Waals surface area contributed by atoms with Crippen LogP contribution in [0.2, 0.25) is 0 Å². The van der Waals surface area contributed by atoms with Crippen LogP contribution in [0, 0.1) is 0 Å². The van der Waals surface area contributed by atoms with Crippen LogP contribution < -0.4 is 9.47 Å². The highest BCUT2D eigenvalue weighted by molar-refractivity contribution is 9.10. The molecule has 108 valence electrons. The highest BCUT2D eigenvalue weighted by Gasteiger charge is 2.28. The van der Waals surface area contributed by atoms with Gasteiger partial charge in [0.25, 0.3) is 0 Å². The highest BCUT2D eigenvalue weighted by atomic mass is 79.9. The van der Waals surface area contributed by atoms with E-state index in [2.05, 4.69) is 15.9 Å². The molecule has 1 N–H and O–H groups in total. The third kappa shape index (κ3) is 2.39. The van der Waals surface area contributed by atoms with E-state index in [4.69, 9.17) is 14.6 Å². The fraction of sp³-hybridized carbons (Fsp3) is 0.533. The second-order valence-electron chi connectivity index (χ2n) is 5.21. The zero-order valence-corrected chi connectivity index (χ0v) is 12.8. The molecule has 1 aromatic carbocycles. The van der Waals surface area contributed by atoms with E-state index < -0.39 is 5.97 Å². The molecule has 2 heterocycles. The number of rotatable bonds is 3. The van der Waals surface area contributed by atoms with E-state index in [-0.39, 0.29) is 6.42 Å². The number of carboxylic acid groups (broad SMARTS) is 1. The second kappa shape index (κ2) is 5.64. The van der Waals surface area contributed by atoms with Gasteiger partial charge in [0.1, 0.15) is 11.5 Å². The summed E-state index contributed by atoms with van der Waals surface area (Å²) in [6.07, 6.45) is 4.48. The SMILES string of the molecule is O=C(O)CCc1c2c(c(Br)c3c1OCCC3)OCCC2. The summed E-state index contributed by atoms with van der Waals surface area (Å²) in [6, 6.07) is 0. The summed E-state index contributed by atoms with van der Waals surface area (Å²) in [4.78, 5) is 10.9. The first-order chi connectivity index (χ1) is 9.68. The molecule has 0 spiro atoms. The smallest absolute Gasteiger partial charge is 0.303 e. The van der Waals surface area contributed by atoms with Crippen LogP contribution in [0.15, 0.2) is 4.47 Å². The third-order valence-electron chi connectivity index (χ3n) is 3.87. The molecule has 0 saturated heterocycles. The molecule has 0 unspecified atom stereocenters. The second-order valence-corrected chi connectivity index (χ2v) is 6.00. The van der Waals surface area contributed by atoms with Crippen LogP contribution in [0.25, 0.3) is 0 Å². The minimum absolute atomic E-state index is 0.129. The number of hydrogen-bond donors (Lipinski definition) is 1. The van der Waals surface area contributed by atoms with Crippen LogP contribution in [-0.4, -0.2) is 24.3 Å². The van der Waals surface area contributed by atoms with E-state index in [1.165, 1.54) is 0 Å². The molecule has 4 nitrogen and oxygen atoms in total. The molecule has 2 aliphatic heterocycles. The number of hydrogen-bond acceptors (Lipinski definition) is 3. The number of carbonyl (C=O) groups is 1. The first-order valence-electron chi connectivity index (χ1n) is 7.02. The summed E-state index contributed by atoms with van der Waals surface area (Å²) in [7, 11) is 0. The molecule has 0 fully saturated rings. The lowest BCUT2D eigenvalue weighted by atomic mass is 9.91. The number of benzene rings is 1. The van der Waals surface area contributed by atoms with Gasteiger partial charge in [-0.2, -0.15) is 0 Å². The summed E-state index contributed by atoms with van der Waals surface area (Å²) in [5.41, 5.74) is 3.31. The van der Waals surface area contributed by atoms with Gasteiger partial charge in [-0.1, -0.05) is 0 Å². The quantitative estimate of drug-likeness (QED) is 0.918. The number of halogens is 1. The van der Waals surface area contributed by atoms with Gasteiger partial charge < -0.3 is 14.6 Å². The fourth-order valence-electron chi connectivity index (χ4n) is 2.98. The van der Waals surface area contributed by atoms with Crippen LogP contribution in [0.1, 0.15) is 36.0 Å². The Morgan fingerprint density at radius 2 is 1.75 bits per heavy atom. The maximum absolute atomic E-state index is 10.9. The zero-order chi connectivity index (χ0) is 14.1. The molecule has 0 amide bonds. The molecule has 0 saturated carbocycles. The summed E-state index contributed by atoms with van der Waals surface area (Å²) in [5.74, 6) is 1.03. The number of aliphatic carboxylic acids is 1. The average molecular weight is 341 g/mol. The van der Waals surface area contributed by atoms with Gasteiger partial charge in [0, 0.05) is 23.1 Å². The Labute approximate surface area is 126 Å². The van der Waals surface area contributed by atoms with Crippen molar-refractivity contribution in [3.05, 3.63) is 21.2 Å². The number of fused-ring (bicyclic) bond motifs is 2. The van der Waals surface area contributed by atoms with Crippen molar-refractivity contribution in [2.45, 2.75) is 38.5 Å². The van der Waals surface area contributed by atoms with Crippen molar-refractivity contribution in [3.8, 4) is 11.5 Å². The van der Waals surface area contributed by atoms with Crippen molar-refractivity contribution in [1.82, 2.24) is 0 Å². The largest absolute Gasteiger partial charge is 0.493 e. The lowest BCUT2D eigenvalue weighted by Gasteiger charge is -2.29. The Morgan fingerprint density at radius 1 is 1.10 bits per heavy atom. The molecule has 0 aliphatic carbocycles. The van der Waals surface area contributed by atoms with Crippen molar-refractivity contribution < 1.29 is 19.4 Å². The maximum Gasteiger partial charge on any atom is 0.303 e. The third-order valence-corrected chi connectivity index (χ3v) is 4.71. The van der Waals surface area contributed by atoms with Crippen molar-refractivity contribution in [2.75, 3.05) is 13.2 Å². The number of carboxylic acids is 1. The molecule has 20 heavy (non-hydrogen) atoms. The first-order valence-corrected chi connectivity index (χ1v) is 7.81. The first kappa shape index (κ1) is 13.7. The van der Waals surface area contributed by atoms with Crippen LogP contribution in [-0.2, 0) is 24.1 Å². The molecule has 0 aromatic heterocycles. The highest BCUT2D eigenvalue weighted by Crippen LogP contribution is 2.46. The Kier molecular flexibility index (Phi) is 3.87. The van der Waals surface area contributed by atoms with Gasteiger partial charge in [0.2, 0.25) is 0 Å². The Bertz CT molecular complexity index is 516. The molecule has 2 aliphatic rings. The summed E-state index contributed by atoms with van der Waals surface area (Å²) in [6.45, 7) is 1.43. The van der Waals surface area contributed by atoms with E-state index in [0.717, 1.165) is 65.0 Å². The molecule has 1 aromatic rings. The average Bonchev–Trinajstić information content (AvgIpc) is 2.47. The maximum atomic E-state index is 10.9. The molecule has 0 radical (unpaired) electrons. The van der Waals surface area contributed by atoms with E-state index in [0.29, 0.717) is 13.0 Å². The lowest BCUT2D eigenvalue weighted by Crippen LogP contribution is -2.18. The molecule has 3 rings (SSSR count). The fourth-order valence-corrected chi connectivity index (χ4v) is 3.71. The predicted octanol–water partition coefficient (Wildman–Crippen LogP) is 3.12. The van der Waals surface area contributed by atoms with Gasteiger partial charge in [-0.25, -0.2) is 0 Å². The van der Waals surface area contributed by atoms with E-state index >= 15 is 0 Å². The normalized spacial score (nSPS) is 16.6. The van der Waals surface area contributed by atoms with E-state index in [1.54, 1.807) is 0 Å². The minimum Gasteiger partial charge on any atom is -0.493 e. The topological polar surface area (TPSA) is 55.8 Å². The van der Waals surface area contributed by atoms with Gasteiger partial charge in [0.05, 0.1) is 17.7 Å². The summed E-state index contributed by atoms with van der Waals surface area (Å²) in [5, 5.41) is 8.96. The minimum atomic E-state index is -0.775. The van der Waals surface area contributed by atoms with E-state index in [9.17, 15) is 4.79 Å². The lowest BCUT2D eigenvalue weighted by molar-refractivity contribution is -0.136. The molecule has 0 bridgehead atoms.